The molecule has 10 N–H and O–H groups in total. The number of rotatable bonds is 33. The molecule has 4 atom stereocenters. The number of ketones is 3. The van der Waals surface area contributed by atoms with Gasteiger partial charge in [0.25, 0.3) is 47.3 Å². The molecule has 0 saturated carbocycles. The maximum Gasteiger partial charge on any atom is 0.326 e. The highest BCUT2D eigenvalue weighted by molar-refractivity contribution is 6.28. The minimum Gasteiger partial charge on any atom is -0.480 e. The summed E-state index contributed by atoms with van der Waals surface area (Å²) in [6.07, 6.45) is 5.46. The van der Waals surface area contributed by atoms with E-state index in [9.17, 15) is 92.0 Å². The average Bonchev–Trinajstić information content (AvgIpc) is 1.63. The molecule has 4 aromatic heterocycles. The van der Waals surface area contributed by atoms with Crippen molar-refractivity contribution >= 4 is 123 Å². The zero-order valence-corrected chi connectivity index (χ0v) is 61.4. The van der Waals surface area contributed by atoms with Crippen LogP contribution in [0.1, 0.15) is 178 Å². The van der Waals surface area contributed by atoms with E-state index in [1.807, 2.05) is 0 Å². The second kappa shape index (κ2) is 37.2. The molecule has 0 fully saturated rings. The van der Waals surface area contributed by atoms with Crippen molar-refractivity contribution in [3.63, 3.8) is 0 Å². The third-order valence-corrected chi connectivity index (χ3v) is 18.4. The van der Waals surface area contributed by atoms with Crippen molar-refractivity contribution in [3.05, 3.63) is 244 Å². The van der Waals surface area contributed by atoms with Crippen molar-refractivity contribution in [1.29, 1.82) is 0 Å². The first-order chi connectivity index (χ1) is 54.6. The minimum absolute atomic E-state index is 0.00525. The highest BCUT2D eigenvalue weighted by atomic mass is 16.4. The van der Waals surface area contributed by atoms with Gasteiger partial charge in [-0.3, -0.25) is 67.5 Å². The molecule has 33 nitrogen and oxygen atoms in total. The van der Waals surface area contributed by atoms with Crippen LogP contribution in [0.15, 0.2) is 194 Å². The zero-order valence-electron chi connectivity index (χ0n) is 61.4. The van der Waals surface area contributed by atoms with E-state index in [1.165, 1.54) is 70.1 Å². The normalized spacial score (nSPS) is 14.0. The number of carboxylic acid groups (broad SMARTS) is 3. The largest absolute Gasteiger partial charge is 0.480 e. The molecule has 8 heterocycles. The predicted octanol–water partition coefficient (Wildman–Crippen LogP) is 9.69. The van der Waals surface area contributed by atoms with E-state index in [1.54, 1.807) is 127 Å². The number of carbonyl (C=O) groups excluding carboxylic acids is 13. The molecule has 9 aromatic rings. The fourth-order valence-electron chi connectivity index (χ4n) is 12.8. The fourth-order valence-corrected chi connectivity index (χ4v) is 12.8. The van der Waals surface area contributed by atoms with Crippen LogP contribution in [0, 0.1) is 0 Å². The lowest BCUT2D eigenvalue weighted by molar-refractivity contribution is -0.142. The number of hydrogen-bond acceptors (Lipinski definition) is 24. The first kappa shape index (κ1) is 81.8. The van der Waals surface area contributed by atoms with Gasteiger partial charge in [0.15, 0.2) is 0 Å². The number of hydrogen-bond donors (Lipinski definition) is 9. The number of carbonyl (C=O) groups is 16. The summed E-state index contributed by atoms with van der Waals surface area (Å²) in [6, 6.07) is 36.3. The highest BCUT2D eigenvalue weighted by Crippen LogP contribution is 2.37. The number of anilines is 5. The molecule has 13 rings (SSSR count). The molecule has 4 unspecified atom stereocenters. The molecule has 4 aliphatic heterocycles. The topological polar surface area (TPSA) is 485 Å². The number of para-hydroxylation sites is 1. The molecule has 0 saturated heterocycles. The number of aliphatic carboxylic acids is 3. The summed E-state index contributed by atoms with van der Waals surface area (Å²) in [7, 11) is 0. The van der Waals surface area contributed by atoms with E-state index in [2.05, 4.69) is 26.6 Å². The predicted molar refractivity (Wildman–Crippen MR) is 403 cm³/mol. The molecule has 588 valence electrons. The van der Waals surface area contributed by atoms with E-state index in [-0.39, 0.29) is 120 Å². The van der Waals surface area contributed by atoms with Gasteiger partial charge in [-0.2, -0.15) is 0 Å². The van der Waals surface area contributed by atoms with E-state index < -0.39 is 101 Å². The Morgan fingerprint density at radius 1 is 0.333 bits per heavy atom. The van der Waals surface area contributed by atoms with Gasteiger partial charge in [-0.25, -0.2) is 14.4 Å². The van der Waals surface area contributed by atoms with Gasteiger partial charge in [-0.05, 0) is 156 Å². The molecule has 114 heavy (non-hydrogen) atoms. The number of amides is 10. The van der Waals surface area contributed by atoms with Crippen molar-refractivity contribution in [1.82, 2.24) is 19.6 Å². The van der Waals surface area contributed by atoms with Crippen LogP contribution in [0.3, 0.4) is 0 Å². The van der Waals surface area contributed by atoms with Crippen molar-refractivity contribution in [2.75, 3.05) is 26.6 Å². The quantitative estimate of drug-likeness (QED) is 0.0173. The van der Waals surface area contributed by atoms with Gasteiger partial charge in [-0.15, -0.1) is 0 Å². The van der Waals surface area contributed by atoms with Gasteiger partial charge in [0, 0.05) is 54.1 Å². The van der Waals surface area contributed by atoms with Crippen LogP contribution in [0.2, 0.25) is 0 Å². The Morgan fingerprint density at radius 3 is 0.842 bits per heavy atom. The maximum atomic E-state index is 13.1. The number of imide groups is 4. The summed E-state index contributed by atoms with van der Waals surface area (Å²) in [6.45, 7) is 5.25. The molecular formula is C81H76N10O23. The van der Waals surface area contributed by atoms with Gasteiger partial charge in [0.2, 0.25) is 11.8 Å². The van der Waals surface area contributed by atoms with Crippen LogP contribution in [-0.2, 0) is 64.5 Å². The number of carboxylic acids is 3. The number of nitrogens with two attached hydrogens (primary N) is 1. The second-order valence-corrected chi connectivity index (χ2v) is 26.2. The Kier molecular flexibility index (Phi) is 26.7. The summed E-state index contributed by atoms with van der Waals surface area (Å²) < 4.78 is 21.0. The Hall–Kier alpha value is -14.7. The second-order valence-electron chi connectivity index (χ2n) is 26.2. The summed E-state index contributed by atoms with van der Waals surface area (Å²) in [5, 5.41) is 43.6. The monoisotopic (exact) mass is 1560 g/mol. The lowest BCUT2D eigenvalue weighted by Crippen LogP contribution is -2.48. The van der Waals surface area contributed by atoms with E-state index in [0.717, 1.165) is 19.6 Å². The Balaban J connectivity index is 0.000000162. The SMILES string of the molecule is CC(=O)CCC(C(=O)O)N1C(=O)c2cccc(NCc3ccco3)c2C1=O.CC(=O)CCC(C(=O)O)N1C(=O)c2cccc(NCc3ccco3)c2C1=O.CC(=O)CCC(C(N)=O)N1C(=O)c2cccc(NCc3ccco3)c2C1=O.O=C(CCC(C(=O)O)N1C(=O)c2cccc(NCc3ccco3)c2C1=O)Nc1ccccc1. The summed E-state index contributed by atoms with van der Waals surface area (Å²) in [5.74, 6) is -8.56. The van der Waals surface area contributed by atoms with Crippen molar-refractivity contribution in [2.45, 2.75) is 122 Å². The maximum absolute atomic E-state index is 13.1. The van der Waals surface area contributed by atoms with E-state index >= 15 is 0 Å². The number of fused-ring (bicyclic) bond motifs is 4. The van der Waals surface area contributed by atoms with Crippen molar-refractivity contribution in [2.24, 2.45) is 5.73 Å². The molecule has 10 amide bonds. The number of benzene rings is 5. The molecule has 5 aromatic carbocycles. The first-order valence-electron chi connectivity index (χ1n) is 35.5. The highest BCUT2D eigenvalue weighted by Gasteiger charge is 2.48. The van der Waals surface area contributed by atoms with Crippen LogP contribution < -0.4 is 32.3 Å². The zero-order chi connectivity index (χ0) is 82.0. The summed E-state index contributed by atoms with van der Waals surface area (Å²) in [4.78, 5) is 199. The number of nitrogens with zero attached hydrogens (tertiary/aromatic N) is 4. The molecule has 4 aliphatic rings. The van der Waals surface area contributed by atoms with E-state index in [4.69, 9.17) is 23.4 Å². The van der Waals surface area contributed by atoms with Gasteiger partial charge in [0.1, 0.15) is 64.6 Å². The average molecular weight is 1560 g/mol. The van der Waals surface area contributed by atoms with Crippen LogP contribution in [0.4, 0.5) is 28.4 Å². The van der Waals surface area contributed by atoms with Gasteiger partial charge < -0.3 is 79.7 Å². The van der Waals surface area contributed by atoms with Crippen molar-refractivity contribution in [3.8, 4) is 0 Å². The summed E-state index contributed by atoms with van der Waals surface area (Å²) >= 11 is 0. The molecular weight excluding hydrogens is 1480 g/mol. The number of primary amides is 1. The number of Topliss-reactive ketones (excluding diaryl/α,β-unsaturated/α-hetero) is 3. The number of furan rings is 4. The van der Waals surface area contributed by atoms with Gasteiger partial charge >= 0.3 is 17.9 Å². The number of nitrogens with one attached hydrogen (secondary N) is 5. The van der Waals surface area contributed by atoms with Gasteiger partial charge in [0.05, 0.1) is 95.7 Å². The summed E-state index contributed by atoms with van der Waals surface area (Å²) in [5.41, 5.74) is 8.79. The van der Waals surface area contributed by atoms with Crippen LogP contribution >= 0.6 is 0 Å². The van der Waals surface area contributed by atoms with E-state index in [0.29, 0.717) is 71.1 Å². The van der Waals surface area contributed by atoms with Crippen molar-refractivity contribution < 1.29 is 110 Å². The fraction of sp³-hybridized carbons (Fsp3) is 0.235. The molecule has 33 heteroatoms. The smallest absolute Gasteiger partial charge is 0.326 e. The Labute approximate surface area is 648 Å². The van der Waals surface area contributed by atoms with Crippen LogP contribution in [0.25, 0.3) is 0 Å². The van der Waals surface area contributed by atoms with Crippen LogP contribution in [-0.4, -0.2) is 153 Å². The molecule has 0 spiro atoms. The van der Waals surface area contributed by atoms with Gasteiger partial charge in [-0.1, -0.05) is 42.5 Å². The van der Waals surface area contributed by atoms with Crippen LogP contribution in [0.5, 0.6) is 0 Å². The Bertz CT molecular complexity index is 4820. The lowest BCUT2D eigenvalue weighted by Gasteiger charge is -2.23. The minimum atomic E-state index is -1.48. The molecule has 0 aliphatic carbocycles. The third kappa shape index (κ3) is 19.1. The first-order valence-corrected chi connectivity index (χ1v) is 35.5. The molecule has 0 radical (unpaired) electrons. The Morgan fingerprint density at radius 2 is 0.596 bits per heavy atom. The third-order valence-electron chi connectivity index (χ3n) is 18.4. The lowest BCUT2D eigenvalue weighted by atomic mass is 10.1. The molecule has 0 bridgehead atoms. The standard InChI is InChI=1S/C24H21N3O6.C19H19N3O5.2C19H18N2O6/c28-20(26-15-6-2-1-3-7-15)12-11-19(24(31)32)27-22(29)17-9-4-10-18(21(17)23(27)30)25-14-16-8-5-13-33-16;1-11(23)7-8-15(17(20)24)22-18(25)13-5-2-6-14(16(13)19(22)26)21-10-12-4-3-9-27-12;2*1-11(22)7-8-15(19(25)26)21-17(23)13-5-2-6-14(16(13)18(21)24)20-10-12-4-3-9-27-12/h1-10,13,19,25H,11-12,14H2,(H,26,28)(H,31,32);2-6,9,15,21H,7-8,10H2,1H3,(H2,20,24);2*2-6,9,15,20H,7-8,10H2,1H3,(H,25,26).